The standard InChI is InChI=1S/C16H11N3O3/c20-14(10-5-2-1-3-6-10)12-16(22)13(19-18-12)15(21)11-7-4-8-17-9-11/h1-9,22H,(H,18,19). The van der Waals surface area contributed by atoms with E-state index in [4.69, 9.17) is 0 Å². The zero-order valence-corrected chi connectivity index (χ0v) is 11.4. The normalized spacial score (nSPS) is 10.4. The van der Waals surface area contributed by atoms with E-state index < -0.39 is 17.3 Å². The SMILES string of the molecule is O=C(c1ccccc1)c1n[nH]c(C(=O)c2cccnc2)c1O. The Labute approximate surface area is 125 Å². The lowest BCUT2D eigenvalue weighted by Gasteiger charge is -1.99. The number of aromatic nitrogens is 3. The number of nitrogens with one attached hydrogen (secondary N) is 1. The smallest absolute Gasteiger partial charge is 0.217 e. The first-order valence-corrected chi connectivity index (χ1v) is 6.50. The molecule has 6 nitrogen and oxygen atoms in total. The van der Waals surface area contributed by atoms with Gasteiger partial charge in [0, 0.05) is 23.5 Å². The number of carbonyl (C=O) groups excluding carboxylic acids is 2. The van der Waals surface area contributed by atoms with Crippen molar-refractivity contribution in [3.63, 3.8) is 0 Å². The van der Waals surface area contributed by atoms with Gasteiger partial charge < -0.3 is 5.11 Å². The fraction of sp³-hybridized carbons (Fsp3) is 0. The van der Waals surface area contributed by atoms with Crippen molar-refractivity contribution in [2.45, 2.75) is 0 Å². The van der Waals surface area contributed by atoms with Gasteiger partial charge in [-0.05, 0) is 12.1 Å². The fourth-order valence-corrected chi connectivity index (χ4v) is 2.02. The van der Waals surface area contributed by atoms with Crippen molar-refractivity contribution in [1.82, 2.24) is 15.2 Å². The lowest BCUT2D eigenvalue weighted by Crippen LogP contribution is -2.03. The molecular formula is C16H11N3O3. The van der Waals surface area contributed by atoms with Crippen LogP contribution in [-0.2, 0) is 0 Å². The molecule has 0 bridgehead atoms. The Kier molecular flexibility index (Phi) is 3.49. The minimum atomic E-state index is -0.481. The Morgan fingerprint density at radius 2 is 1.68 bits per heavy atom. The third-order valence-electron chi connectivity index (χ3n) is 3.14. The van der Waals surface area contributed by atoms with Gasteiger partial charge in [0.1, 0.15) is 5.69 Å². The molecule has 0 amide bonds. The molecule has 0 aliphatic rings. The monoisotopic (exact) mass is 293 g/mol. The van der Waals surface area contributed by atoms with E-state index in [1.54, 1.807) is 42.5 Å². The summed E-state index contributed by atoms with van der Waals surface area (Å²) >= 11 is 0. The van der Waals surface area contributed by atoms with Crippen LogP contribution in [0, 0.1) is 0 Å². The average Bonchev–Trinajstić information content (AvgIpc) is 2.96. The molecule has 3 rings (SSSR count). The second kappa shape index (κ2) is 5.61. The molecule has 2 aromatic heterocycles. The van der Waals surface area contributed by atoms with Gasteiger partial charge in [-0.2, -0.15) is 5.10 Å². The van der Waals surface area contributed by atoms with Gasteiger partial charge in [-0.1, -0.05) is 30.3 Å². The van der Waals surface area contributed by atoms with Crippen molar-refractivity contribution in [3.05, 3.63) is 77.4 Å². The molecule has 6 heteroatoms. The van der Waals surface area contributed by atoms with Crippen LogP contribution in [0.25, 0.3) is 0 Å². The number of H-pyrrole nitrogens is 1. The van der Waals surface area contributed by atoms with E-state index in [0.29, 0.717) is 11.1 Å². The third kappa shape index (κ3) is 2.37. The van der Waals surface area contributed by atoms with Gasteiger partial charge in [0.25, 0.3) is 0 Å². The summed E-state index contributed by atoms with van der Waals surface area (Å²) in [7, 11) is 0. The molecule has 0 spiro atoms. The molecule has 1 aromatic carbocycles. The molecule has 0 unspecified atom stereocenters. The summed E-state index contributed by atoms with van der Waals surface area (Å²) in [6.45, 7) is 0. The van der Waals surface area contributed by atoms with Crippen molar-refractivity contribution in [2.75, 3.05) is 0 Å². The molecule has 0 aliphatic heterocycles. The Bertz CT molecular complexity index is 757. The van der Waals surface area contributed by atoms with Crippen LogP contribution in [0.1, 0.15) is 32.1 Å². The molecule has 0 radical (unpaired) electrons. The predicted octanol–water partition coefficient (Wildman–Crippen LogP) is 1.97. The molecule has 0 fully saturated rings. The van der Waals surface area contributed by atoms with E-state index in [2.05, 4.69) is 15.2 Å². The van der Waals surface area contributed by atoms with E-state index >= 15 is 0 Å². The number of hydrogen-bond donors (Lipinski definition) is 2. The molecular weight excluding hydrogens is 282 g/mol. The van der Waals surface area contributed by atoms with Crippen LogP contribution in [0.5, 0.6) is 5.75 Å². The molecule has 3 aromatic rings. The molecule has 0 aliphatic carbocycles. The number of hydrogen-bond acceptors (Lipinski definition) is 5. The van der Waals surface area contributed by atoms with E-state index in [1.807, 2.05) is 0 Å². The predicted molar refractivity (Wildman–Crippen MR) is 77.8 cm³/mol. The highest BCUT2D eigenvalue weighted by Gasteiger charge is 2.24. The topological polar surface area (TPSA) is 95.9 Å². The van der Waals surface area contributed by atoms with Gasteiger partial charge >= 0.3 is 0 Å². The van der Waals surface area contributed by atoms with Crippen molar-refractivity contribution >= 4 is 11.6 Å². The lowest BCUT2D eigenvalue weighted by atomic mass is 10.1. The van der Waals surface area contributed by atoms with Crippen LogP contribution in [0.4, 0.5) is 0 Å². The van der Waals surface area contributed by atoms with Crippen molar-refractivity contribution in [3.8, 4) is 5.75 Å². The molecule has 0 atom stereocenters. The number of rotatable bonds is 4. The second-order valence-corrected chi connectivity index (χ2v) is 4.56. The summed E-state index contributed by atoms with van der Waals surface area (Å²) in [6, 6.07) is 11.6. The number of aromatic amines is 1. The highest BCUT2D eigenvalue weighted by atomic mass is 16.3. The number of aromatic hydroxyl groups is 1. The molecule has 2 N–H and O–H groups in total. The van der Waals surface area contributed by atoms with Crippen LogP contribution in [0.15, 0.2) is 54.9 Å². The first kappa shape index (κ1) is 13.7. The Balaban J connectivity index is 1.96. The summed E-state index contributed by atoms with van der Waals surface area (Å²) in [5.41, 5.74) is 0.357. The summed E-state index contributed by atoms with van der Waals surface area (Å²) in [4.78, 5) is 28.4. The van der Waals surface area contributed by atoms with Crippen LogP contribution >= 0.6 is 0 Å². The molecule has 22 heavy (non-hydrogen) atoms. The third-order valence-corrected chi connectivity index (χ3v) is 3.14. The Morgan fingerprint density at radius 3 is 2.36 bits per heavy atom. The van der Waals surface area contributed by atoms with Gasteiger partial charge in [-0.3, -0.25) is 19.7 Å². The molecule has 108 valence electrons. The number of nitrogens with zero attached hydrogens (tertiary/aromatic N) is 2. The zero-order chi connectivity index (χ0) is 15.5. The second-order valence-electron chi connectivity index (χ2n) is 4.56. The van der Waals surface area contributed by atoms with Crippen LogP contribution in [0.2, 0.25) is 0 Å². The maximum absolute atomic E-state index is 12.3. The van der Waals surface area contributed by atoms with E-state index in [9.17, 15) is 14.7 Å². The molecule has 0 saturated carbocycles. The maximum Gasteiger partial charge on any atom is 0.217 e. The summed E-state index contributed by atoms with van der Waals surface area (Å²) < 4.78 is 0. The number of ketones is 2. The minimum absolute atomic E-state index is 0.132. The van der Waals surface area contributed by atoms with Crippen molar-refractivity contribution in [2.24, 2.45) is 0 Å². The average molecular weight is 293 g/mol. The Morgan fingerprint density at radius 1 is 0.955 bits per heavy atom. The maximum atomic E-state index is 12.3. The van der Waals surface area contributed by atoms with Crippen molar-refractivity contribution in [1.29, 1.82) is 0 Å². The highest BCUT2D eigenvalue weighted by molar-refractivity contribution is 6.14. The number of benzene rings is 1. The van der Waals surface area contributed by atoms with Crippen LogP contribution in [-0.4, -0.2) is 31.9 Å². The fourth-order valence-electron chi connectivity index (χ4n) is 2.02. The first-order chi connectivity index (χ1) is 10.7. The van der Waals surface area contributed by atoms with Gasteiger partial charge in [-0.25, -0.2) is 0 Å². The van der Waals surface area contributed by atoms with E-state index in [1.165, 1.54) is 12.4 Å². The highest BCUT2D eigenvalue weighted by Crippen LogP contribution is 2.24. The lowest BCUT2D eigenvalue weighted by molar-refractivity contribution is 0.102. The van der Waals surface area contributed by atoms with E-state index in [-0.39, 0.29) is 11.4 Å². The summed E-state index contributed by atoms with van der Waals surface area (Å²) in [6.07, 6.45) is 2.91. The van der Waals surface area contributed by atoms with Crippen LogP contribution in [0.3, 0.4) is 0 Å². The zero-order valence-electron chi connectivity index (χ0n) is 11.4. The minimum Gasteiger partial charge on any atom is -0.504 e. The molecule has 2 heterocycles. The van der Waals surface area contributed by atoms with Gasteiger partial charge in [-0.15, -0.1) is 0 Å². The Hall–Kier alpha value is -3.28. The number of pyridine rings is 1. The summed E-state index contributed by atoms with van der Waals surface area (Å²) in [5, 5.41) is 16.3. The number of carbonyl (C=O) groups is 2. The summed E-state index contributed by atoms with van der Waals surface area (Å²) in [5.74, 6) is -1.40. The largest absolute Gasteiger partial charge is 0.504 e. The first-order valence-electron chi connectivity index (χ1n) is 6.50. The van der Waals surface area contributed by atoms with Gasteiger partial charge in [0.15, 0.2) is 11.4 Å². The van der Waals surface area contributed by atoms with Gasteiger partial charge in [0.2, 0.25) is 11.6 Å². The van der Waals surface area contributed by atoms with Crippen LogP contribution < -0.4 is 0 Å². The molecule has 0 saturated heterocycles. The quantitative estimate of drug-likeness (QED) is 0.717. The van der Waals surface area contributed by atoms with E-state index in [0.717, 1.165) is 0 Å². The van der Waals surface area contributed by atoms with Gasteiger partial charge in [0.05, 0.1) is 0 Å². The van der Waals surface area contributed by atoms with Crippen molar-refractivity contribution < 1.29 is 14.7 Å².